The average Bonchev–Trinajstić information content (AvgIpc) is 3.54. The fourth-order valence-electron chi connectivity index (χ4n) is 4.71. The first-order chi connectivity index (χ1) is 18.0. The quantitative estimate of drug-likeness (QED) is 0.406. The molecule has 5 rings (SSSR count). The van der Waals surface area contributed by atoms with Crippen molar-refractivity contribution in [1.82, 2.24) is 24.3 Å². The Morgan fingerprint density at radius 3 is 2.65 bits per heavy atom. The van der Waals surface area contributed by atoms with Crippen LogP contribution in [-0.4, -0.2) is 49.7 Å². The van der Waals surface area contributed by atoms with Gasteiger partial charge in [0.1, 0.15) is 22.9 Å². The van der Waals surface area contributed by atoms with Crippen molar-refractivity contribution in [1.29, 1.82) is 0 Å². The predicted octanol–water partition coefficient (Wildman–Crippen LogP) is 4.08. The molecule has 0 spiro atoms. The van der Waals surface area contributed by atoms with Crippen LogP contribution in [0.3, 0.4) is 0 Å². The van der Waals surface area contributed by atoms with Crippen molar-refractivity contribution in [3.8, 4) is 23.1 Å². The summed E-state index contributed by atoms with van der Waals surface area (Å²) in [5, 5.41) is 5.99. The number of hydrogen-bond acceptors (Lipinski definition) is 6. The number of aromatic nitrogens is 4. The highest BCUT2D eigenvalue weighted by Gasteiger charge is 2.33. The minimum atomic E-state index is -0.241. The third-order valence-corrected chi connectivity index (χ3v) is 6.44. The second-order valence-electron chi connectivity index (χ2n) is 8.84. The highest BCUT2D eigenvalue weighted by Crippen LogP contribution is 2.36. The predicted molar refractivity (Wildman–Crippen MR) is 142 cm³/mol. The molecule has 0 aliphatic carbocycles. The molecule has 1 unspecified atom stereocenters. The van der Waals surface area contributed by atoms with E-state index < -0.39 is 0 Å². The number of hydrogen-bond donors (Lipinski definition) is 2. The van der Waals surface area contributed by atoms with Crippen molar-refractivity contribution in [2.45, 2.75) is 32.7 Å². The molecular weight excluding hydrogens is 466 g/mol. The van der Waals surface area contributed by atoms with Crippen molar-refractivity contribution >= 4 is 29.0 Å². The molecule has 0 saturated carbocycles. The minimum Gasteiger partial charge on any atom is -0.371 e. The van der Waals surface area contributed by atoms with E-state index in [0.29, 0.717) is 23.7 Å². The van der Waals surface area contributed by atoms with Gasteiger partial charge in [-0.25, -0.2) is 15.0 Å². The Bertz CT molecular complexity index is 1550. The molecule has 1 aliphatic heterocycles. The summed E-state index contributed by atoms with van der Waals surface area (Å²) in [5.74, 6) is 6.89. The first kappa shape index (κ1) is 24.0. The number of nitrogens with zero attached hydrogens (tertiary/aromatic N) is 5. The molecule has 1 aromatic carbocycles. The van der Waals surface area contributed by atoms with Gasteiger partial charge in [-0.15, -0.1) is 0 Å². The van der Waals surface area contributed by atoms with Gasteiger partial charge in [0.25, 0.3) is 11.8 Å². The van der Waals surface area contributed by atoms with Crippen LogP contribution in [0.1, 0.15) is 47.6 Å². The van der Waals surface area contributed by atoms with Crippen LogP contribution in [0.5, 0.6) is 0 Å². The van der Waals surface area contributed by atoms with E-state index in [2.05, 4.69) is 32.4 Å². The van der Waals surface area contributed by atoms with E-state index in [1.807, 2.05) is 48.8 Å². The summed E-state index contributed by atoms with van der Waals surface area (Å²) in [4.78, 5) is 40.9. The van der Waals surface area contributed by atoms with E-state index in [1.165, 1.54) is 0 Å². The van der Waals surface area contributed by atoms with Crippen molar-refractivity contribution in [3.63, 3.8) is 0 Å². The number of imidazole rings is 1. The molecule has 1 atom stereocenters. The van der Waals surface area contributed by atoms with Crippen molar-refractivity contribution in [2.75, 3.05) is 24.2 Å². The fraction of sp³-hybridized carbons (Fsp3) is 0.250. The highest BCUT2D eigenvalue weighted by molar-refractivity contribution is 6.04. The fourth-order valence-corrected chi connectivity index (χ4v) is 4.71. The van der Waals surface area contributed by atoms with E-state index in [1.54, 1.807) is 36.4 Å². The Balaban J connectivity index is 1.52. The van der Waals surface area contributed by atoms with Crippen LogP contribution in [0.2, 0.25) is 0 Å². The van der Waals surface area contributed by atoms with Crippen LogP contribution >= 0.6 is 0 Å². The third kappa shape index (κ3) is 4.61. The number of fused-ring (bicyclic) bond motifs is 1. The first-order valence-electron chi connectivity index (χ1n) is 12.1. The number of amides is 2. The summed E-state index contributed by atoms with van der Waals surface area (Å²) >= 11 is 0. The molecule has 3 aromatic heterocycles. The standard InChI is InChI=1S/C28H27N7O2/c1-4-6-23(36)34-15-5-7-21(34)27-33-24(25-26(29-3)31-14-16-35(25)27)19-8-10-20(11-9-19)28(37)32-22-17-18(2)12-13-30-22/h8-14,16-17,21H,5,7,15H2,1-3H3,(H,29,31)(H,30,32,37). The van der Waals surface area contributed by atoms with Crippen LogP contribution < -0.4 is 10.6 Å². The normalized spacial score (nSPS) is 14.8. The zero-order valence-electron chi connectivity index (χ0n) is 20.9. The van der Waals surface area contributed by atoms with Crippen LogP contribution in [-0.2, 0) is 4.79 Å². The number of likely N-dealkylation sites (tertiary alicyclic amines) is 1. The van der Waals surface area contributed by atoms with Crippen molar-refractivity contribution in [2.24, 2.45) is 0 Å². The Morgan fingerprint density at radius 1 is 1.11 bits per heavy atom. The molecule has 9 nitrogen and oxygen atoms in total. The van der Waals surface area contributed by atoms with E-state index in [4.69, 9.17) is 4.98 Å². The average molecular weight is 494 g/mol. The molecule has 2 N–H and O–H groups in total. The van der Waals surface area contributed by atoms with E-state index in [-0.39, 0.29) is 17.9 Å². The number of pyridine rings is 1. The molecule has 1 saturated heterocycles. The summed E-state index contributed by atoms with van der Waals surface area (Å²) in [6.45, 7) is 4.26. The lowest BCUT2D eigenvalue weighted by atomic mass is 10.1. The van der Waals surface area contributed by atoms with Crippen molar-refractivity contribution in [3.05, 3.63) is 71.9 Å². The Kier molecular flexibility index (Phi) is 6.56. The molecule has 1 fully saturated rings. The van der Waals surface area contributed by atoms with Gasteiger partial charge < -0.3 is 15.5 Å². The van der Waals surface area contributed by atoms with Gasteiger partial charge in [0.15, 0.2) is 5.82 Å². The van der Waals surface area contributed by atoms with Gasteiger partial charge in [-0.1, -0.05) is 18.1 Å². The van der Waals surface area contributed by atoms with Crippen LogP contribution in [0, 0.1) is 18.8 Å². The monoisotopic (exact) mass is 493 g/mol. The van der Waals surface area contributed by atoms with Gasteiger partial charge in [-0.2, -0.15) is 0 Å². The maximum atomic E-state index is 12.8. The summed E-state index contributed by atoms with van der Waals surface area (Å²) in [7, 11) is 1.81. The second-order valence-corrected chi connectivity index (χ2v) is 8.84. The zero-order valence-corrected chi connectivity index (χ0v) is 20.9. The molecule has 9 heteroatoms. The summed E-state index contributed by atoms with van der Waals surface area (Å²) < 4.78 is 1.99. The maximum Gasteiger partial charge on any atom is 0.299 e. The van der Waals surface area contributed by atoms with E-state index in [0.717, 1.165) is 41.0 Å². The lowest BCUT2D eigenvalue weighted by molar-refractivity contribution is -0.126. The molecule has 4 heterocycles. The van der Waals surface area contributed by atoms with Crippen LogP contribution in [0.4, 0.5) is 11.6 Å². The molecule has 0 bridgehead atoms. The summed E-state index contributed by atoms with van der Waals surface area (Å²) in [6.07, 6.45) is 6.93. The molecular formula is C28H27N7O2. The number of carbonyl (C=O) groups excluding carboxylic acids is 2. The summed E-state index contributed by atoms with van der Waals surface area (Å²) in [5.41, 5.74) is 3.89. The van der Waals surface area contributed by atoms with Gasteiger partial charge in [0, 0.05) is 43.3 Å². The van der Waals surface area contributed by atoms with Crippen molar-refractivity contribution < 1.29 is 9.59 Å². The number of anilines is 2. The summed E-state index contributed by atoms with van der Waals surface area (Å²) in [6, 6.07) is 10.8. The molecule has 1 aliphatic rings. The van der Waals surface area contributed by atoms with Gasteiger partial charge in [0.05, 0.1) is 6.04 Å². The van der Waals surface area contributed by atoms with E-state index >= 15 is 0 Å². The highest BCUT2D eigenvalue weighted by atomic mass is 16.2. The first-order valence-corrected chi connectivity index (χ1v) is 12.1. The van der Waals surface area contributed by atoms with Gasteiger partial charge in [-0.05, 0) is 62.4 Å². The van der Waals surface area contributed by atoms with Gasteiger partial charge >= 0.3 is 0 Å². The number of nitrogens with one attached hydrogen (secondary N) is 2. The Morgan fingerprint density at radius 2 is 1.92 bits per heavy atom. The minimum absolute atomic E-state index is 0.186. The zero-order chi connectivity index (χ0) is 25.9. The molecule has 37 heavy (non-hydrogen) atoms. The maximum absolute atomic E-state index is 12.8. The Hall–Kier alpha value is -4.71. The van der Waals surface area contributed by atoms with Crippen LogP contribution in [0.15, 0.2) is 55.0 Å². The molecule has 186 valence electrons. The van der Waals surface area contributed by atoms with Gasteiger partial charge in [-0.3, -0.25) is 14.0 Å². The number of benzene rings is 1. The van der Waals surface area contributed by atoms with Crippen LogP contribution in [0.25, 0.3) is 16.8 Å². The Labute approximate surface area is 215 Å². The SMILES string of the molecule is CC#CC(=O)N1CCCC1c1nc(-c2ccc(C(=O)Nc3cc(C)ccn3)cc2)c2c(NC)nccn12. The largest absolute Gasteiger partial charge is 0.371 e. The topological polar surface area (TPSA) is 105 Å². The van der Waals surface area contributed by atoms with E-state index in [9.17, 15) is 9.59 Å². The smallest absolute Gasteiger partial charge is 0.299 e. The second kappa shape index (κ2) is 10.1. The molecule has 4 aromatic rings. The van der Waals surface area contributed by atoms with Gasteiger partial charge in [0.2, 0.25) is 0 Å². The number of rotatable bonds is 5. The number of carbonyl (C=O) groups is 2. The molecule has 0 radical (unpaired) electrons. The lowest BCUT2D eigenvalue weighted by Crippen LogP contribution is -2.30. The third-order valence-electron chi connectivity index (χ3n) is 6.44. The number of aryl methyl sites for hydroxylation is 1. The lowest BCUT2D eigenvalue weighted by Gasteiger charge is -2.21. The molecule has 2 amide bonds.